The third kappa shape index (κ3) is 4.29. The summed E-state index contributed by atoms with van der Waals surface area (Å²) < 4.78 is 7.37. The molecule has 4 heteroatoms. The van der Waals surface area contributed by atoms with E-state index in [9.17, 15) is 4.79 Å². The van der Waals surface area contributed by atoms with Gasteiger partial charge < -0.3 is 14.6 Å². The van der Waals surface area contributed by atoms with Gasteiger partial charge in [-0.25, -0.2) is 0 Å². The van der Waals surface area contributed by atoms with Crippen molar-refractivity contribution < 1.29 is 9.53 Å². The van der Waals surface area contributed by atoms with Gasteiger partial charge in [0.25, 0.3) is 0 Å². The molecule has 0 unspecified atom stereocenters. The van der Waals surface area contributed by atoms with Crippen LogP contribution >= 0.6 is 0 Å². The molecule has 0 aliphatic rings. The maximum atomic E-state index is 12.6. The molecule has 0 saturated carbocycles. The summed E-state index contributed by atoms with van der Waals surface area (Å²) in [5.74, 6) is 0.763. The van der Waals surface area contributed by atoms with E-state index in [0.29, 0.717) is 6.42 Å². The number of hydrogen-bond donors (Lipinski definition) is 1. The Morgan fingerprint density at radius 1 is 1.08 bits per heavy atom. The molecule has 0 aliphatic heterocycles. The van der Waals surface area contributed by atoms with Crippen LogP contribution in [0.5, 0.6) is 5.75 Å². The summed E-state index contributed by atoms with van der Waals surface area (Å²) in [7, 11) is 1.65. The molecule has 0 fully saturated rings. The van der Waals surface area contributed by atoms with Gasteiger partial charge in [-0.3, -0.25) is 4.79 Å². The van der Waals surface area contributed by atoms with Gasteiger partial charge in [-0.2, -0.15) is 0 Å². The monoisotopic (exact) mass is 334 g/mol. The molecule has 0 saturated heterocycles. The van der Waals surface area contributed by atoms with Gasteiger partial charge in [0.05, 0.1) is 19.6 Å². The van der Waals surface area contributed by atoms with Crippen molar-refractivity contribution >= 4 is 11.6 Å². The van der Waals surface area contributed by atoms with Crippen molar-refractivity contribution in [3.8, 4) is 5.75 Å². The quantitative estimate of drug-likeness (QED) is 0.725. The van der Waals surface area contributed by atoms with Crippen molar-refractivity contribution in [2.45, 2.75) is 19.4 Å². The van der Waals surface area contributed by atoms with Gasteiger partial charge in [-0.05, 0) is 48.9 Å². The van der Waals surface area contributed by atoms with Crippen LogP contribution in [0.1, 0.15) is 23.6 Å². The van der Waals surface area contributed by atoms with Crippen LogP contribution in [0, 0.1) is 6.92 Å². The van der Waals surface area contributed by atoms with E-state index in [-0.39, 0.29) is 11.9 Å². The third-order valence-electron chi connectivity index (χ3n) is 4.18. The second-order valence-corrected chi connectivity index (χ2v) is 6.04. The highest BCUT2D eigenvalue weighted by molar-refractivity contribution is 5.91. The number of anilines is 1. The zero-order chi connectivity index (χ0) is 17.6. The molecule has 1 N–H and O–H groups in total. The average Bonchev–Trinajstić information content (AvgIpc) is 3.16. The Balaban J connectivity index is 1.80. The first-order chi connectivity index (χ1) is 12.2. The van der Waals surface area contributed by atoms with Crippen LogP contribution in [0.2, 0.25) is 0 Å². The Morgan fingerprint density at radius 2 is 1.80 bits per heavy atom. The topological polar surface area (TPSA) is 43.3 Å². The molecule has 128 valence electrons. The van der Waals surface area contributed by atoms with Crippen molar-refractivity contribution in [2.75, 3.05) is 12.4 Å². The van der Waals surface area contributed by atoms with E-state index in [0.717, 1.165) is 17.0 Å². The second-order valence-electron chi connectivity index (χ2n) is 6.04. The predicted octanol–water partition coefficient (Wildman–Crippen LogP) is 4.42. The number of carbonyl (C=O) groups is 1. The van der Waals surface area contributed by atoms with Crippen LogP contribution in [-0.2, 0) is 4.79 Å². The lowest BCUT2D eigenvalue weighted by Gasteiger charge is -2.20. The zero-order valence-corrected chi connectivity index (χ0v) is 14.5. The largest absolute Gasteiger partial charge is 0.497 e. The minimum Gasteiger partial charge on any atom is -0.497 e. The number of nitrogens with zero attached hydrogens (tertiary/aromatic N) is 1. The third-order valence-corrected chi connectivity index (χ3v) is 4.18. The number of methoxy groups -OCH3 is 1. The fourth-order valence-electron chi connectivity index (χ4n) is 2.82. The summed E-state index contributed by atoms with van der Waals surface area (Å²) in [6.07, 6.45) is 4.29. The lowest BCUT2D eigenvalue weighted by Crippen LogP contribution is -2.19. The lowest BCUT2D eigenvalue weighted by atomic mass is 10.0. The Hall–Kier alpha value is -3.01. The zero-order valence-electron chi connectivity index (χ0n) is 14.5. The molecular weight excluding hydrogens is 312 g/mol. The molecule has 3 aromatic rings. The molecule has 0 aliphatic carbocycles. The molecule has 1 heterocycles. The SMILES string of the molecule is COc1cccc([C@H](CC(=O)Nc2ccc(C)cc2)n2cccc2)c1. The van der Waals surface area contributed by atoms with Crippen molar-refractivity contribution in [3.05, 3.63) is 84.2 Å². The summed E-state index contributed by atoms with van der Waals surface area (Å²) in [4.78, 5) is 12.6. The lowest BCUT2D eigenvalue weighted by molar-refractivity contribution is -0.116. The van der Waals surface area contributed by atoms with Gasteiger partial charge in [0.2, 0.25) is 5.91 Å². The molecule has 25 heavy (non-hydrogen) atoms. The first kappa shape index (κ1) is 16.8. The van der Waals surface area contributed by atoms with Crippen LogP contribution in [-0.4, -0.2) is 17.6 Å². The van der Waals surface area contributed by atoms with Crippen LogP contribution in [0.3, 0.4) is 0 Å². The number of nitrogens with one attached hydrogen (secondary N) is 1. The van der Waals surface area contributed by atoms with Crippen molar-refractivity contribution in [3.63, 3.8) is 0 Å². The van der Waals surface area contributed by atoms with E-state index in [4.69, 9.17) is 4.74 Å². The molecule has 1 aromatic heterocycles. The smallest absolute Gasteiger partial charge is 0.226 e. The Bertz CT molecular complexity index is 823. The molecule has 1 amide bonds. The van der Waals surface area contributed by atoms with E-state index >= 15 is 0 Å². The Labute approximate surface area is 148 Å². The first-order valence-corrected chi connectivity index (χ1v) is 8.28. The summed E-state index contributed by atoms with van der Waals surface area (Å²) in [6.45, 7) is 2.02. The standard InChI is InChI=1S/C21H22N2O2/c1-16-8-10-18(11-9-16)22-21(24)15-20(23-12-3-4-13-23)17-6-5-7-19(14-17)25-2/h3-14,20H,15H2,1-2H3,(H,22,24)/t20-/m0/s1. The number of ether oxygens (including phenoxy) is 1. The summed E-state index contributed by atoms with van der Waals surface area (Å²) in [5, 5.41) is 2.98. The average molecular weight is 334 g/mol. The molecule has 3 rings (SSSR count). The number of amides is 1. The van der Waals surface area contributed by atoms with E-state index in [1.54, 1.807) is 7.11 Å². The molecule has 0 radical (unpaired) electrons. The van der Waals surface area contributed by atoms with Gasteiger partial charge in [0, 0.05) is 18.1 Å². The van der Waals surface area contributed by atoms with Gasteiger partial charge >= 0.3 is 0 Å². The van der Waals surface area contributed by atoms with E-state index in [1.165, 1.54) is 5.56 Å². The number of benzene rings is 2. The van der Waals surface area contributed by atoms with E-state index in [1.807, 2.05) is 84.5 Å². The number of aromatic nitrogens is 1. The number of carbonyl (C=O) groups excluding carboxylic acids is 1. The predicted molar refractivity (Wildman–Crippen MR) is 100.0 cm³/mol. The molecule has 4 nitrogen and oxygen atoms in total. The number of aryl methyl sites for hydroxylation is 1. The minimum absolute atomic E-state index is 0.0228. The fraction of sp³-hybridized carbons (Fsp3) is 0.190. The Kier molecular flexibility index (Phi) is 5.19. The van der Waals surface area contributed by atoms with Gasteiger partial charge in [0.1, 0.15) is 5.75 Å². The minimum atomic E-state index is -0.0875. The van der Waals surface area contributed by atoms with Crippen LogP contribution in [0.4, 0.5) is 5.69 Å². The number of rotatable bonds is 6. The van der Waals surface area contributed by atoms with E-state index in [2.05, 4.69) is 5.32 Å². The maximum absolute atomic E-state index is 12.6. The second kappa shape index (κ2) is 7.71. The summed E-state index contributed by atoms with van der Waals surface area (Å²) >= 11 is 0. The van der Waals surface area contributed by atoms with Crippen LogP contribution in [0.15, 0.2) is 73.1 Å². The van der Waals surface area contributed by atoms with Gasteiger partial charge in [0.15, 0.2) is 0 Å². The molecular formula is C21H22N2O2. The Morgan fingerprint density at radius 3 is 2.48 bits per heavy atom. The highest BCUT2D eigenvalue weighted by Crippen LogP contribution is 2.26. The van der Waals surface area contributed by atoms with Crippen LogP contribution < -0.4 is 10.1 Å². The maximum Gasteiger partial charge on any atom is 0.226 e. The molecule has 0 spiro atoms. The van der Waals surface area contributed by atoms with Crippen molar-refractivity contribution in [1.29, 1.82) is 0 Å². The molecule has 1 atom stereocenters. The molecule has 2 aromatic carbocycles. The van der Waals surface area contributed by atoms with Crippen LogP contribution in [0.25, 0.3) is 0 Å². The normalized spacial score (nSPS) is 11.8. The highest BCUT2D eigenvalue weighted by atomic mass is 16.5. The van der Waals surface area contributed by atoms with Crippen molar-refractivity contribution in [2.24, 2.45) is 0 Å². The number of hydrogen-bond acceptors (Lipinski definition) is 2. The summed E-state index contributed by atoms with van der Waals surface area (Å²) in [5.41, 5.74) is 3.02. The van der Waals surface area contributed by atoms with E-state index < -0.39 is 0 Å². The van der Waals surface area contributed by atoms with Crippen molar-refractivity contribution in [1.82, 2.24) is 4.57 Å². The van der Waals surface area contributed by atoms with Gasteiger partial charge in [-0.15, -0.1) is 0 Å². The fourth-order valence-corrected chi connectivity index (χ4v) is 2.82. The van der Waals surface area contributed by atoms with Gasteiger partial charge in [-0.1, -0.05) is 29.8 Å². The highest BCUT2D eigenvalue weighted by Gasteiger charge is 2.18. The first-order valence-electron chi connectivity index (χ1n) is 8.28. The molecule has 0 bridgehead atoms. The summed E-state index contributed by atoms with van der Waals surface area (Å²) in [6, 6.07) is 19.5.